The molecular weight excluding hydrogens is 522 g/mol. The molecule has 212 valence electrons. The van der Waals surface area contributed by atoms with E-state index in [1.807, 2.05) is 24.3 Å². The Morgan fingerprint density at radius 2 is 1.85 bits per heavy atom. The number of rotatable bonds is 12. The van der Waals surface area contributed by atoms with E-state index in [0.29, 0.717) is 12.1 Å². The number of aromatic amines is 2. The predicted molar refractivity (Wildman–Crippen MR) is 141 cm³/mol. The first-order valence-corrected chi connectivity index (χ1v) is 12.8. The van der Waals surface area contributed by atoms with Crippen molar-refractivity contribution >= 4 is 40.6 Å². The zero-order valence-electron chi connectivity index (χ0n) is 21.5. The largest absolute Gasteiger partial charge is 0.481 e. The fraction of sp³-hybridized carbons (Fsp3) is 0.385. The van der Waals surface area contributed by atoms with Gasteiger partial charge in [-0.15, -0.1) is 0 Å². The Bertz CT molecular complexity index is 1390. The van der Waals surface area contributed by atoms with Gasteiger partial charge in [0.05, 0.1) is 18.8 Å². The molecule has 0 saturated carbocycles. The molecule has 1 saturated heterocycles. The number of carboxylic acids is 2. The first-order valence-electron chi connectivity index (χ1n) is 12.8. The molecular formula is C26H31N7O7. The van der Waals surface area contributed by atoms with E-state index in [-0.39, 0.29) is 25.8 Å². The molecule has 0 aliphatic carbocycles. The molecule has 3 aromatic rings. The second-order valence-corrected chi connectivity index (χ2v) is 9.70. The highest BCUT2D eigenvalue weighted by molar-refractivity contribution is 5.95. The molecule has 2 aromatic heterocycles. The number of fused-ring (bicyclic) bond motifs is 1. The molecule has 0 spiro atoms. The monoisotopic (exact) mass is 553 g/mol. The molecule has 40 heavy (non-hydrogen) atoms. The van der Waals surface area contributed by atoms with Crippen molar-refractivity contribution in [3.63, 3.8) is 0 Å². The fourth-order valence-electron chi connectivity index (χ4n) is 4.87. The van der Waals surface area contributed by atoms with E-state index in [1.165, 1.54) is 11.2 Å². The number of carbonyl (C=O) groups excluding carboxylic acids is 3. The highest BCUT2D eigenvalue weighted by Gasteiger charge is 2.39. The van der Waals surface area contributed by atoms with Crippen LogP contribution in [0.3, 0.4) is 0 Å². The Hall–Kier alpha value is -4.72. The molecule has 3 amide bonds. The van der Waals surface area contributed by atoms with Crippen molar-refractivity contribution in [3.8, 4) is 0 Å². The average molecular weight is 554 g/mol. The summed E-state index contributed by atoms with van der Waals surface area (Å²) >= 11 is 0. The number of benzene rings is 1. The van der Waals surface area contributed by atoms with Crippen LogP contribution in [-0.4, -0.2) is 90.4 Å². The highest BCUT2D eigenvalue weighted by Crippen LogP contribution is 2.23. The van der Waals surface area contributed by atoms with Gasteiger partial charge in [0, 0.05) is 48.4 Å². The lowest BCUT2D eigenvalue weighted by Gasteiger charge is -2.30. The third kappa shape index (κ3) is 6.64. The number of H-pyrrole nitrogens is 2. The maximum Gasteiger partial charge on any atom is 0.326 e. The molecule has 4 atom stereocenters. The maximum absolute atomic E-state index is 13.8. The van der Waals surface area contributed by atoms with E-state index >= 15 is 0 Å². The number of amides is 3. The van der Waals surface area contributed by atoms with Gasteiger partial charge in [-0.2, -0.15) is 0 Å². The van der Waals surface area contributed by atoms with Crippen molar-refractivity contribution in [2.24, 2.45) is 5.73 Å². The Morgan fingerprint density at radius 3 is 2.55 bits per heavy atom. The Balaban J connectivity index is 1.55. The van der Waals surface area contributed by atoms with Crippen LogP contribution in [0.2, 0.25) is 0 Å². The molecule has 14 heteroatoms. The zero-order chi connectivity index (χ0) is 28.8. The number of nitrogens with two attached hydrogens (primary N) is 1. The number of hydrogen-bond acceptors (Lipinski definition) is 7. The number of para-hydroxylation sites is 1. The highest BCUT2D eigenvalue weighted by atomic mass is 16.4. The van der Waals surface area contributed by atoms with E-state index in [4.69, 9.17) is 10.8 Å². The predicted octanol–water partition coefficient (Wildman–Crippen LogP) is -0.477. The van der Waals surface area contributed by atoms with Crippen LogP contribution in [0, 0.1) is 0 Å². The second-order valence-electron chi connectivity index (χ2n) is 9.70. The van der Waals surface area contributed by atoms with Crippen molar-refractivity contribution < 1.29 is 34.2 Å². The topological polar surface area (TPSA) is 224 Å². The maximum atomic E-state index is 13.8. The molecule has 0 bridgehead atoms. The van der Waals surface area contributed by atoms with Crippen molar-refractivity contribution in [1.82, 2.24) is 30.5 Å². The van der Waals surface area contributed by atoms with Gasteiger partial charge in [-0.3, -0.25) is 19.2 Å². The van der Waals surface area contributed by atoms with Gasteiger partial charge in [-0.1, -0.05) is 18.2 Å². The summed E-state index contributed by atoms with van der Waals surface area (Å²) in [6, 6.07) is 2.75. The number of imidazole rings is 1. The van der Waals surface area contributed by atoms with E-state index < -0.39 is 60.2 Å². The van der Waals surface area contributed by atoms with Crippen LogP contribution >= 0.6 is 0 Å². The van der Waals surface area contributed by atoms with Gasteiger partial charge in [-0.05, 0) is 24.5 Å². The van der Waals surface area contributed by atoms with Crippen LogP contribution in [0.25, 0.3) is 10.9 Å². The summed E-state index contributed by atoms with van der Waals surface area (Å²) in [4.78, 5) is 73.7. The number of nitrogens with one attached hydrogen (secondary N) is 4. The normalized spacial score (nSPS) is 17.2. The molecule has 1 aliphatic rings. The second kappa shape index (κ2) is 12.4. The van der Waals surface area contributed by atoms with E-state index in [2.05, 4.69) is 25.6 Å². The van der Waals surface area contributed by atoms with Gasteiger partial charge in [-0.25, -0.2) is 9.78 Å². The lowest BCUT2D eigenvalue weighted by molar-refractivity contribution is -0.148. The number of likely N-dealkylation sites (tertiary alicyclic amines) is 1. The van der Waals surface area contributed by atoms with E-state index in [0.717, 1.165) is 16.5 Å². The van der Waals surface area contributed by atoms with E-state index in [9.17, 15) is 29.1 Å². The van der Waals surface area contributed by atoms with E-state index in [1.54, 1.807) is 12.4 Å². The first kappa shape index (κ1) is 28.3. The Kier molecular flexibility index (Phi) is 8.79. The smallest absolute Gasteiger partial charge is 0.326 e. The lowest BCUT2D eigenvalue weighted by Crippen LogP contribution is -2.57. The van der Waals surface area contributed by atoms with Crippen LogP contribution in [0.5, 0.6) is 0 Å². The molecule has 4 rings (SSSR count). The van der Waals surface area contributed by atoms with Crippen molar-refractivity contribution in [1.29, 1.82) is 0 Å². The van der Waals surface area contributed by atoms with Gasteiger partial charge in [0.2, 0.25) is 17.7 Å². The number of aliphatic carboxylic acids is 2. The Labute approximate surface area is 228 Å². The van der Waals surface area contributed by atoms with Crippen LogP contribution in [0.4, 0.5) is 0 Å². The minimum atomic E-state index is -1.65. The quantitative estimate of drug-likeness (QED) is 0.154. The van der Waals surface area contributed by atoms with Crippen LogP contribution in [0.15, 0.2) is 43.0 Å². The number of aromatic nitrogens is 3. The van der Waals surface area contributed by atoms with Crippen LogP contribution < -0.4 is 16.4 Å². The fourth-order valence-corrected chi connectivity index (χ4v) is 4.87. The molecule has 8 N–H and O–H groups in total. The number of carboxylic acid groups (broad SMARTS) is 2. The van der Waals surface area contributed by atoms with Gasteiger partial charge < -0.3 is 41.4 Å². The molecule has 3 heterocycles. The summed E-state index contributed by atoms with van der Waals surface area (Å²) in [7, 11) is 0. The van der Waals surface area contributed by atoms with Gasteiger partial charge >= 0.3 is 11.9 Å². The van der Waals surface area contributed by atoms with Gasteiger partial charge in [0.1, 0.15) is 18.1 Å². The van der Waals surface area contributed by atoms with Gasteiger partial charge in [0.25, 0.3) is 0 Å². The Morgan fingerprint density at radius 1 is 1.07 bits per heavy atom. The molecule has 1 aromatic carbocycles. The van der Waals surface area contributed by atoms with Crippen LogP contribution in [-0.2, 0) is 36.8 Å². The summed E-state index contributed by atoms with van der Waals surface area (Å²) in [5.41, 5.74) is 8.38. The molecule has 0 radical (unpaired) electrons. The van der Waals surface area contributed by atoms with Crippen molar-refractivity contribution in [2.45, 2.75) is 56.3 Å². The molecule has 1 fully saturated rings. The number of carbonyl (C=O) groups is 5. The summed E-state index contributed by atoms with van der Waals surface area (Å²) in [6.07, 6.45) is 4.94. The molecule has 1 aliphatic heterocycles. The summed E-state index contributed by atoms with van der Waals surface area (Å²) in [5, 5.41) is 24.2. The van der Waals surface area contributed by atoms with Crippen molar-refractivity contribution in [3.05, 3.63) is 54.2 Å². The standard InChI is InChI=1S/C26H31N7O7/c27-17(9-15-12-28-13-30-15)23(36)31-19(8-14-11-29-18-5-2-1-4-16(14)18)25(38)33-7-3-6-21(33)24(37)32-20(26(39)40)10-22(34)35/h1-2,4-5,11-13,17,19-21,29H,3,6-10,27H2,(H,28,30)(H,31,36)(H,32,37)(H,34,35)(H,39,40). The summed E-state index contributed by atoms with van der Waals surface area (Å²) in [5.74, 6) is -4.76. The minimum absolute atomic E-state index is 0.104. The average Bonchev–Trinajstić information content (AvgIpc) is 3.68. The van der Waals surface area contributed by atoms with Gasteiger partial charge in [0.15, 0.2) is 0 Å². The lowest BCUT2D eigenvalue weighted by atomic mass is 10.0. The molecule has 4 unspecified atom stereocenters. The SMILES string of the molecule is NC(Cc1cnc[nH]1)C(=O)NC(Cc1c[nH]c2ccccc12)C(=O)N1CCCC1C(=O)NC(CC(=O)O)C(=O)O. The van der Waals surface area contributed by atoms with Crippen molar-refractivity contribution in [2.75, 3.05) is 6.54 Å². The third-order valence-corrected chi connectivity index (χ3v) is 6.88. The zero-order valence-corrected chi connectivity index (χ0v) is 21.5. The molecule has 14 nitrogen and oxygen atoms in total. The number of nitrogens with zero attached hydrogens (tertiary/aromatic N) is 2. The summed E-state index contributed by atoms with van der Waals surface area (Å²) in [6.45, 7) is 0.202. The summed E-state index contributed by atoms with van der Waals surface area (Å²) < 4.78 is 0. The first-order chi connectivity index (χ1) is 19.1. The van der Waals surface area contributed by atoms with Crippen LogP contribution in [0.1, 0.15) is 30.5 Å². The minimum Gasteiger partial charge on any atom is -0.481 e. The third-order valence-electron chi connectivity index (χ3n) is 6.88. The number of hydrogen-bond donors (Lipinski definition) is 7.